The lowest BCUT2D eigenvalue weighted by Gasteiger charge is -2.29. The molecular formula is C13H28N2S. The third-order valence-corrected chi connectivity index (χ3v) is 4.55. The summed E-state index contributed by atoms with van der Waals surface area (Å²) in [6.45, 7) is 5.70. The predicted octanol–water partition coefficient (Wildman–Crippen LogP) is 2.58. The fraction of sp³-hybridized carbons (Fsp3) is 1.00. The lowest BCUT2D eigenvalue weighted by atomic mass is 9.98. The average molecular weight is 244 g/mol. The number of hydrogen-bond donors (Lipinski definition) is 1. The molecule has 2 N–H and O–H groups in total. The molecule has 1 rings (SSSR count). The van der Waals surface area contributed by atoms with E-state index in [-0.39, 0.29) is 0 Å². The van der Waals surface area contributed by atoms with Crippen molar-refractivity contribution in [2.45, 2.75) is 45.1 Å². The Hall–Kier alpha value is 0.270. The Morgan fingerprint density at radius 3 is 2.81 bits per heavy atom. The van der Waals surface area contributed by atoms with Gasteiger partial charge in [0.25, 0.3) is 0 Å². The highest BCUT2D eigenvalue weighted by molar-refractivity contribution is 7.98. The largest absolute Gasteiger partial charge is 0.329 e. The van der Waals surface area contributed by atoms with E-state index in [0.717, 1.165) is 12.5 Å². The first-order chi connectivity index (χ1) is 7.81. The van der Waals surface area contributed by atoms with Gasteiger partial charge in [0.15, 0.2) is 0 Å². The van der Waals surface area contributed by atoms with Crippen molar-refractivity contribution in [2.24, 2.45) is 11.7 Å². The minimum atomic E-state index is 0.628. The second kappa shape index (κ2) is 8.37. The van der Waals surface area contributed by atoms with Crippen LogP contribution in [0.25, 0.3) is 0 Å². The van der Waals surface area contributed by atoms with Crippen LogP contribution in [0, 0.1) is 5.92 Å². The number of thioether (sulfide) groups is 1. The second-order valence-corrected chi connectivity index (χ2v) is 5.90. The SMILES string of the molecule is CCC1CCCN(C(CN)CCSC)CC1. The lowest BCUT2D eigenvalue weighted by Crippen LogP contribution is -2.41. The maximum absolute atomic E-state index is 5.91. The Morgan fingerprint density at radius 1 is 1.38 bits per heavy atom. The Bertz CT molecular complexity index is 175. The Morgan fingerprint density at radius 2 is 2.19 bits per heavy atom. The molecule has 2 unspecified atom stereocenters. The summed E-state index contributed by atoms with van der Waals surface area (Å²) in [7, 11) is 0. The van der Waals surface area contributed by atoms with E-state index < -0.39 is 0 Å². The molecule has 2 atom stereocenters. The third-order valence-electron chi connectivity index (χ3n) is 3.90. The first-order valence-corrected chi connectivity index (χ1v) is 8.14. The van der Waals surface area contributed by atoms with E-state index in [9.17, 15) is 0 Å². The van der Waals surface area contributed by atoms with Gasteiger partial charge in [-0.1, -0.05) is 13.3 Å². The molecule has 0 spiro atoms. The van der Waals surface area contributed by atoms with E-state index >= 15 is 0 Å². The summed E-state index contributed by atoms with van der Waals surface area (Å²) in [5.74, 6) is 2.21. The summed E-state index contributed by atoms with van der Waals surface area (Å²) in [5, 5.41) is 0. The zero-order chi connectivity index (χ0) is 11.8. The average Bonchev–Trinajstić information content (AvgIpc) is 2.55. The molecule has 0 amide bonds. The highest BCUT2D eigenvalue weighted by Gasteiger charge is 2.21. The van der Waals surface area contributed by atoms with Crippen molar-refractivity contribution < 1.29 is 0 Å². The molecule has 1 heterocycles. The van der Waals surface area contributed by atoms with Gasteiger partial charge < -0.3 is 5.73 Å². The first kappa shape index (κ1) is 14.3. The first-order valence-electron chi connectivity index (χ1n) is 6.74. The van der Waals surface area contributed by atoms with Crippen LogP contribution in [0.2, 0.25) is 0 Å². The van der Waals surface area contributed by atoms with E-state index in [1.54, 1.807) is 0 Å². The zero-order valence-electron chi connectivity index (χ0n) is 11.0. The molecule has 1 fully saturated rings. The van der Waals surface area contributed by atoms with Crippen LogP contribution in [0.5, 0.6) is 0 Å². The Kier molecular flexibility index (Phi) is 7.50. The smallest absolute Gasteiger partial charge is 0.0226 e. The van der Waals surface area contributed by atoms with Crippen molar-refractivity contribution in [3.8, 4) is 0 Å². The molecule has 0 bridgehead atoms. The van der Waals surface area contributed by atoms with Crippen molar-refractivity contribution >= 4 is 11.8 Å². The molecule has 96 valence electrons. The summed E-state index contributed by atoms with van der Waals surface area (Å²) in [5.41, 5.74) is 5.91. The van der Waals surface area contributed by atoms with Crippen LogP contribution in [-0.2, 0) is 0 Å². The van der Waals surface area contributed by atoms with Gasteiger partial charge in [-0.25, -0.2) is 0 Å². The van der Waals surface area contributed by atoms with Crippen LogP contribution in [0.4, 0.5) is 0 Å². The molecule has 0 saturated carbocycles. The summed E-state index contributed by atoms with van der Waals surface area (Å²) in [6, 6.07) is 0.628. The summed E-state index contributed by atoms with van der Waals surface area (Å²) in [6.07, 6.45) is 8.97. The quantitative estimate of drug-likeness (QED) is 0.779. The number of nitrogens with two attached hydrogens (primary N) is 1. The summed E-state index contributed by atoms with van der Waals surface area (Å²) < 4.78 is 0. The van der Waals surface area contributed by atoms with Crippen LogP contribution in [0.1, 0.15) is 39.0 Å². The van der Waals surface area contributed by atoms with Gasteiger partial charge >= 0.3 is 0 Å². The van der Waals surface area contributed by atoms with Gasteiger partial charge in [0.1, 0.15) is 0 Å². The van der Waals surface area contributed by atoms with Crippen molar-refractivity contribution in [1.29, 1.82) is 0 Å². The molecule has 1 aliphatic rings. The van der Waals surface area contributed by atoms with E-state index in [2.05, 4.69) is 18.1 Å². The van der Waals surface area contributed by atoms with Crippen molar-refractivity contribution in [3.05, 3.63) is 0 Å². The minimum Gasteiger partial charge on any atom is -0.329 e. The number of rotatable bonds is 6. The highest BCUT2D eigenvalue weighted by Crippen LogP contribution is 2.22. The lowest BCUT2D eigenvalue weighted by molar-refractivity contribution is 0.201. The zero-order valence-corrected chi connectivity index (χ0v) is 11.8. The normalized spacial score (nSPS) is 25.3. The standard InChI is InChI=1S/C13H28N2S/c1-3-12-5-4-8-15(9-6-12)13(11-14)7-10-16-2/h12-13H,3-11,14H2,1-2H3. The van der Waals surface area contributed by atoms with Gasteiger partial charge in [0, 0.05) is 12.6 Å². The molecule has 3 heteroatoms. The molecule has 0 radical (unpaired) electrons. The van der Waals surface area contributed by atoms with Crippen molar-refractivity contribution in [2.75, 3.05) is 31.6 Å². The number of hydrogen-bond acceptors (Lipinski definition) is 3. The van der Waals surface area contributed by atoms with E-state index in [0.29, 0.717) is 6.04 Å². The van der Waals surface area contributed by atoms with Crippen molar-refractivity contribution in [3.63, 3.8) is 0 Å². The maximum Gasteiger partial charge on any atom is 0.0226 e. The Labute approximate surface area is 105 Å². The molecule has 16 heavy (non-hydrogen) atoms. The van der Waals surface area contributed by atoms with Crippen LogP contribution < -0.4 is 5.73 Å². The predicted molar refractivity (Wildman–Crippen MR) is 75.0 cm³/mol. The summed E-state index contributed by atoms with van der Waals surface area (Å²) in [4.78, 5) is 2.64. The molecule has 1 aliphatic heterocycles. The van der Waals surface area contributed by atoms with Gasteiger partial charge in [-0.15, -0.1) is 0 Å². The Balaban J connectivity index is 2.38. The van der Waals surface area contributed by atoms with Crippen LogP contribution in [0.15, 0.2) is 0 Å². The van der Waals surface area contributed by atoms with Gasteiger partial charge in [-0.2, -0.15) is 11.8 Å². The monoisotopic (exact) mass is 244 g/mol. The fourth-order valence-corrected chi connectivity index (χ4v) is 3.17. The molecule has 0 aromatic heterocycles. The molecule has 1 saturated heterocycles. The van der Waals surface area contributed by atoms with Gasteiger partial charge in [-0.05, 0) is 56.7 Å². The van der Waals surface area contributed by atoms with E-state index in [1.807, 2.05) is 11.8 Å². The highest BCUT2D eigenvalue weighted by atomic mass is 32.2. The van der Waals surface area contributed by atoms with Gasteiger partial charge in [0.05, 0.1) is 0 Å². The van der Waals surface area contributed by atoms with Crippen molar-refractivity contribution in [1.82, 2.24) is 4.90 Å². The molecular weight excluding hydrogens is 216 g/mol. The van der Waals surface area contributed by atoms with Crippen LogP contribution in [-0.4, -0.2) is 42.6 Å². The number of likely N-dealkylation sites (tertiary alicyclic amines) is 1. The maximum atomic E-state index is 5.91. The fourth-order valence-electron chi connectivity index (χ4n) is 2.66. The van der Waals surface area contributed by atoms with Gasteiger partial charge in [-0.3, -0.25) is 4.90 Å². The number of nitrogens with zero attached hydrogens (tertiary/aromatic N) is 1. The summed E-state index contributed by atoms with van der Waals surface area (Å²) >= 11 is 1.94. The topological polar surface area (TPSA) is 29.3 Å². The van der Waals surface area contributed by atoms with E-state index in [4.69, 9.17) is 5.73 Å². The van der Waals surface area contributed by atoms with Crippen LogP contribution in [0.3, 0.4) is 0 Å². The molecule has 2 nitrogen and oxygen atoms in total. The third kappa shape index (κ3) is 4.64. The van der Waals surface area contributed by atoms with Gasteiger partial charge in [0.2, 0.25) is 0 Å². The van der Waals surface area contributed by atoms with Crippen LogP contribution >= 0.6 is 11.8 Å². The minimum absolute atomic E-state index is 0.628. The molecule has 0 aliphatic carbocycles. The molecule has 0 aromatic carbocycles. The molecule has 0 aromatic rings. The second-order valence-electron chi connectivity index (χ2n) is 4.91. The van der Waals surface area contributed by atoms with E-state index in [1.165, 1.54) is 50.9 Å².